The molecule has 2 aliphatic rings. The average molecular weight is 552 g/mol. The van der Waals surface area contributed by atoms with Crippen molar-refractivity contribution in [3.05, 3.63) is 24.3 Å². The first-order valence-electron chi connectivity index (χ1n) is 12.0. The molecule has 4 amide bonds. The first kappa shape index (κ1) is 31.3. The van der Waals surface area contributed by atoms with Gasteiger partial charge in [0.15, 0.2) is 0 Å². The summed E-state index contributed by atoms with van der Waals surface area (Å²) < 4.78 is 5.76. The van der Waals surface area contributed by atoms with Gasteiger partial charge in [0.05, 0.1) is 19.6 Å². The van der Waals surface area contributed by atoms with Crippen LogP contribution in [-0.4, -0.2) is 116 Å². The van der Waals surface area contributed by atoms with Gasteiger partial charge in [-0.15, -0.1) is 0 Å². The van der Waals surface area contributed by atoms with Crippen LogP contribution in [0.4, 0.5) is 0 Å². The average Bonchev–Trinajstić information content (AvgIpc) is 3.28. The summed E-state index contributed by atoms with van der Waals surface area (Å²) in [6.45, 7) is 5.99. The van der Waals surface area contributed by atoms with Gasteiger partial charge in [-0.1, -0.05) is 27.7 Å². The zero-order valence-corrected chi connectivity index (χ0v) is 22.2. The van der Waals surface area contributed by atoms with Crippen molar-refractivity contribution in [1.29, 1.82) is 0 Å². The maximum atomic E-state index is 12.2. The van der Waals surface area contributed by atoms with Crippen molar-refractivity contribution in [2.75, 3.05) is 32.8 Å². The van der Waals surface area contributed by atoms with E-state index in [1.54, 1.807) is 27.7 Å². The Hall–Kier alpha value is -3.91. The van der Waals surface area contributed by atoms with Crippen LogP contribution >= 0.6 is 0 Å². The van der Waals surface area contributed by atoms with Gasteiger partial charge in [0.2, 0.25) is 0 Å². The molecule has 39 heavy (non-hydrogen) atoms. The Morgan fingerprint density at radius 2 is 1.10 bits per heavy atom. The van der Waals surface area contributed by atoms with Gasteiger partial charge in [0, 0.05) is 49.4 Å². The second kappa shape index (κ2) is 12.3. The number of rotatable bonds is 16. The molecular formula is C25H33N3O11. The minimum absolute atomic E-state index is 0.0345. The Morgan fingerprint density at radius 3 is 1.44 bits per heavy atom. The second-order valence-electron chi connectivity index (χ2n) is 11.1. The molecule has 0 spiro atoms. The number of carboxylic acid groups (broad SMARTS) is 3. The van der Waals surface area contributed by atoms with Crippen molar-refractivity contribution in [1.82, 2.24) is 14.7 Å². The van der Waals surface area contributed by atoms with Gasteiger partial charge in [0.1, 0.15) is 12.1 Å². The number of carboxylic acids is 3. The van der Waals surface area contributed by atoms with Gasteiger partial charge in [-0.05, 0) is 5.41 Å². The lowest BCUT2D eigenvalue weighted by molar-refractivity contribution is -0.156. The SMILES string of the molecule is CC(C)(COCC(C)(C)CN(CC(C(=O)O)N1C(=O)C=CC1=O)CC(C(=O)O)N1C(=O)C=CC1=O)CC(=O)O. The largest absolute Gasteiger partial charge is 0.481 e. The Balaban J connectivity index is 2.30. The predicted molar refractivity (Wildman–Crippen MR) is 132 cm³/mol. The first-order chi connectivity index (χ1) is 17.9. The standard InChI is InChI=1S/C25H33N3O11/c1-24(2,9-21(33)34)13-39-14-25(3,4)12-26(10-15(22(35)36)27-17(29)5-6-18(27)30)11-16(23(37)38)28-19(31)7-8-20(28)32/h5-8,15-16H,9-14H2,1-4H3,(H,33,34)(H,35,36)(H,37,38). The molecule has 0 aromatic rings. The highest BCUT2D eigenvalue weighted by Gasteiger charge is 2.41. The lowest BCUT2D eigenvalue weighted by atomic mass is 9.90. The van der Waals surface area contributed by atoms with Gasteiger partial charge in [-0.3, -0.25) is 38.7 Å². The number of ether oxygens (including phenoxy) is 1. The summed E-state index contributed by atoms with van der Waals surface area (Å²) in [5.41, 5.74) is -1.47. The van der Waals surface area contributed by atoms with Crippen LogP contribution in [-0.2, 0) is 38.3 Å². The highest BCUT2D eigenvalue weighted by atomic mass is 16.5. The third-order valence-corrected chi connectivity index (χ3v) is 6.01. The molecule has 14 heteroatoms. The van der Waals surface area contributed by atoms with Crippen LogP contribution in [0.5, 0.6) is 0 Å². The maximum absolute atomic E-state index is 12.2. The van der Waals surface area contributed by atoms with Crippen LogP contribution in [0.25, 0.3) is 0 Å². The van der Waals surface area contributed by atoms with E-state index in [-0.39, 0.29) is 26.2 Å². The smallest absolute Gasteiger partial charge is 0.328 e. The lowest BCUT2D eigenvalue weighted by Gasteiger charge is -2.38. The van der Waals surface area contributed by atoms with E-state index >= 15 is 0 Å². The molecule has 14 nitrogen and oxygen atoms in total. The van der Waals surface area contributed by atoms with Crippen molar-refractivity contribution in [3.63, 3.8) is 0 Å². The van der Waals surface area contributed by atoms with E-state index in [1.807, 2.05) is 0 Å². The van der Waals surface area contributed by atoms with E-state index in [0.717, 1.165) is 24.3 Å². The van der Waals surface area contributed by atoms with Gasteiger partial charge in [0.25, 0.3) is 23.6 Å². The number of imide groups is 2. The molecule has 2 heterocycles. The third-order valence-electron chi connectivity index (χ3n) is 6.01. The van der Waals surface area contributed by atoms with E-state index in [1.165, 1.54) is 4.90 Å². The third kappa shape index (κ3) is 8.55. The normalized spacial score (nSPS) is 17.5. The van der Waals surface area contributed by atoms with Crippen molar-refractivity contribution in [3.8, 4) is 0 Å². The Morgan fingerprint density at radius 1 is 0.744 bits per heavy atom. The van der Waals surface area contributed by atoms with Gasteiger partial charge in [-0.2, -0.15) is 0 Å². The number of hydrogen-bond acceptors (Lipinski definition) is 9. The molecule has 2 atom stereocenters. The van der Waals surface area contributed by atoms with Crippen molar-refractivity contribution in [2.24, 2.45) is 10.8 Å². The summed E-state index contributed by atoms with van der Waals surface area (Å²) in [4.78, 5) is 86.6. The van der Waals surface area contributed by atoms with Gasteiger partial charge in [-0.25, -0.2) is 9.59 Å². The van der Waals surface area contributed by atoms with E-state index in [4.69, 9.17) is 9.84 Å². The number of hydrogen-bond donors (Lipinski definition) is 3. The Bertz CT molecular complexity index is 1010. The molecule has 2 aliphatic heterocycles. The molecule has 2 unspecified atom stereocenters. The lowest BCUT2D eigenvalue weighted by Crippen LogP contribution is -2.57. The molecule has 0 aliphatic carbocycles. The highest BCUT2D eigenvalue weighted by molar-refractivity contribution is 6.15. The molecule has 0 fully saturated rings. The summed E-state index contributed by atoms with van der Waals surface area (Å²) in [5.74, 6) is -7.42. The minimum atomic E-state index is -1.69. The van der Waals surface area contributed by atoms with E-state index in [0.29, 0.717) is 9.80 Å². The quantitative estimate of drug-likeness (QED) is 0.210. The topological polar surface area (TPSA) is 199 Å². The Kier molecular flexibility index (Phi) is 9.87. The zero-order valence-electron chi connectivity index (χ0n) is 22.2. The fourth-order valence-corrected chi connectivity index (χ4v) is 4.39. The molecule has 0 bridgehead atoms. The fraction of sp³-hybridized carbons (Fsp3) is 0.560. The monoisotopic (exact) mass is 551 g/mol. The minimum Gasteiger partial charge on any atom is -0.481 e. The molecule has 0 saturated carbocycles. The molecule has 3 N–H and O–H groups in total. The van der Waals surface area contributed by atoms with Gasteiger partial charge >= 0.3 is 17.9 Å². The molecule has 0 aromatic carbocycles. The summed E-state index contributed by atoms with van der Waals surface area (Å²) in [6, 6.07) is -3.38. The van der Waals surface area contributed by atoms with Crippen molar-refractivity contribution >= 4 is 41.5 Å². The number of amides is 4. The number of carbonyl (C=O) groups excluding carboxylic acids is 4. The number of carbonyl (C=O) groups is 7. The van der Waals surface area contributed by atoms with Crippen molar-refractivity contribution < 1.29 is 53.6 Å². The van der Waals surface area contributed by atoms with Crippen LogP contribution in [0.15, 0.2) is 24.3 Å². The zero-order chi connectivity index (χ0) is 29.7. The van der Waals surface area contributed by atoms with Crippen molar-refractivity contribution in [2.45, 2.75) is 46.2 Å². The Labute approximate surface area is 224 Å². The maximum Gasteiger partial charge on any atom is 0.328 e. The first-order valence-corrected chi connectivity index (χ1v) is 12.0. The fourth-order valence-electron chi connectivity index (χ4n) is 4.39. The number of nitrogens with zero attached hydrogens (tertiary/aromatic N) is 3. The highest BCUT2D eigenvalue weighted by Crippen LogP contribution is 2.25. The van der Waals surface area contributed by atoms with Crippen LogP contribution < -0.4 is 0 Å². The summed E-state index contributed by atoms with van der Waals surface area (Å²) >= 11 is 0. The van der Waals surface area contributed by atoms with Crippen LogP contribution in [0, 0.1) is 10.8 Å². The molecular weight excluding hydrogens is 518 g/mol. The van der Waals surface area contributed by atoms with Crippen LogP contribution in [0.3, 0.4) is 0 Å². The predicted octanol–water partition coefficient (Wildman–Crippen LogP) is -0.411. The van der Waals surface area contributed by atoms with E-state index in [9.17, 15) is 43.8 Å². The molecule has 0 aromatic heterocycles. The summed E-state index contributed by atoms with van der Waals surface area (Å²) in [6.07, 6.45) is 3.55. The van der Waals surface area contributed by atoms with E-state index < -0.39 is 77.5 Å². The van der Waals surface area contributed by atoms with Crippen LogP contribution in [0.1, 0.15) is 34.1 Å². The van der Waals surface area contributed by atoms with Crippen LogP contribution in [0.2, 0.25) is 0 Å². The summed E-state index contributed by atoms with van der Waals surface area (Å²) in [5, 5.41) is 28.7. The van der Waals surface area contributed by atoms with E-state index in [2.05, 4.69) is 0 Å². The molecule has 214 valence electrons. The number of aliphatic carboxylic acids is 3. The molecule has 0 radical (unpaired) electrons. The summed E-state index contributed by atoms with van der Waals surface area (Å²) in [7, 11) is 0. The molecule has 0 saturated heterocycles. The van der Waals surface area contributed by atoms with Gasteiger partial charge < -0.3 is 20.1 Å². The second-order valence-corrected chi connectivity index (χ2v) is 11.1. The molecule has 2 rings (SSSR count).